The standard InChI is InChI=1S/C16H14Cl2N2O.C4H10/c1-4-12(8-6-11(3)17)16-19-15(20-21-16)13-7-5-10(2)14(18)9-13;1-4(2)3/h4-9H,1H2,2-3H3;4H,1-3H3/b11-6+,12-8+;. The van der Waals surface area contributed by atoms with Gasteiger partial charge in [-0.2, -0.15) is 4.98 Å². The first kappa shape index (κ1) is 21.2. The molecule has 2 aromatic rings. The van der Waals surface area contributed by atoms with Crippen molar-refractivity contribution in [1.82, 2.24) is 10.1 Å². The van der Waals surface area contributed by atoms with E-state index in [4.69, 9.17) is 27.7 Å². The van der Waals surface area contributed by atoms with E-state index >= 15 is 0 Å². The molecule has 1 aromatic heterocycles. The van der Waals surface area contributed by atoms with E-state index in [2.05, 4.69) is 37.5 Å². The molecule has 1 aromatic carbocycles. The summed E-state index contributed by atoms with van der Waals surface area (Å²) in [6.45, 7) is 14.0. The Bertz CT molecular complexity index is 767. The van der Waals surface area contributed by atoms with Crippen LogP contribution in [0.5, 0.6) is 0 Å². The van der Waals surface area contributed by atoms with Crippen molar-refractivity contribution >= 4 is 28.8 Å². The van der Waals surface area contributed by atoms with Gasteiger partial charge in [-0.3, -0.25) is 0 Å². The van der Waals surface area contributed by atoms with Crippen LogP contribution in [0.3, 0.4) is 0 Å². The second-order valence-corrected chi connectivity index (χ2v) is 7.20. The molecule has 0 radical (unpaired) electrons. The number of allylic oxidation sites excluding steroid dienone is 5. The average Bonchev–Trinajstić information content (AvgIpc) is 2.99. The maximum Gasteiger partial charge on any atom is 0.258 e. The molecule has 0 saturated carbocycles. The Morgan fingerprint density at radius 2 is 1.88 bits per heavy atom. The summed E-state index contributed by atoms with van der Waals surface area (Å²) in [7, 11) is 0. The van der Waals surface area contributed by atoms with Gasteiger partial charge in [0.05, 0.1) is 0 Å². The van der Waals surface area contributed by atoms with Crippen LogP contribution >= 0.6 is 23.2 Å². The van der Waals surface area contributed by atoms with E-state index in [0.29, 0.717) is 27.3 Å². The third-order valence-electron chi connectivity index (χ3n) is 2.82. The van der Waals surface area contributed by atoms with Crippen molar-refractivity contribution in [2.75, 3.05) is 0 Å². The highest BCUT2D eigenvalue weighted by Crippen LogP contribution is 2.25. The lowest BCUT2D eigenvalue weighted by atomic mass is 10.1. The zero-order valence-electron chi connectivity index (χ0n) is 15.3. The Morgan fingerprint density at radius 1 is 1.24 bits per heavy atom. The molecule has 0 bridgehead atoms. The minimum Gasteiger partial charge on any atom is -0.334 e. The zero-order chi connectivity index (χ0) is 19.0. The summed E-state index contributed by atoms with van der Waals surface area (Å²) in [5.74, 6) is 1.69. The molecule has 0 N–H and O–H groups in total. The molecule has 0 saturated heterocycles. The highest BCUT2D eigenvalue weighted by Gasteiger charge is 2.11. The summed E-state index contributed by atoms with van der Waals surface area (Å²) in [5, 5.41) is 5.28. The van der Waals surface area contributed by atoms with Crippen molar-refractivity contribution in [1.29, 1.82) is 0 Å². The van der Waals surface area contributed by atoms with Crippen molar-refractivity contribution in [3.63, 3.8) is 0 Å². The number of rotatable bonds is 4. The van der Waals surface area contributed by atoms with Gasteiger partial charge in [-0.1, -0.05) is 73.9 Å². The van der Waals surface area contributed by atoms with Crippen LogP contribution < -0.4 is 0 Å². The van der Waals surface area contributed by atoms with Gasteiger partial charge in [-0.25, -0.2) is 0 Å². The maximum atomic E-state index is 6.11. The molecule has 3 nitrogen and oxygen atoms in total. The molecule has 0 atom stereocenters. The molecule has 25 heavy (non-hydrogen) atoms. The summed E-state index contributed by atoms with van der Waals surface area (Å²) >= 11 is 11.9. The Labute approximate surface area is 160 Å². The van der Waals surface area contributed by atoms with Gasteiger partial charge in [0.1, 0.15) is 0 Å². The number of aryl methyl sites for hydroxylation is 1. The van der Waals surface area contributed by atoms with Gasteiger partial charge < -0.3 is 4.52 Å². The molecule has 1 heterocycles. The second-order valence-electron chi connectivity index (χ2n) is 6.20. The van der Waals surface area contributed by atoms with Gasteiger partial charge >= 0.3 is 0 Å². The zero-order valence-corrected chi connectivity index (χ0v) is 16.8. The summed E-state index contributed by atoms with van der Waals surface area (Å²) in [6, 6.07) is 5.62. The van der Waals surface area contributed by atoms with E-state index in [9.17, 15) is 0 Å². The second kappa shape index (κ2) is 10.2. The van der Waals surface area contributed by atoms with Gasteiger partial charge in [0.25, 0.3) is 5.89 Å². The van der Waals surface area contributed by atoms with E-state index in [1.165, 1.54) is 0 Å². The fourth-order valence-corrected chi connectivity index (χ4v) is 1.86. The minimum absolute atomic E-state index is 0.380. The first-order chi connectivity index (χ1) is 11.7. The minimum atomic E-state index is 0.380. The summed E-state index contributed by atoms with van der Waals surface area (Å²) < 4.78 is 5.26. The molecule has 0 aliphatic rings. The van der Waals surface area contributed by atoms with E-state index in [1.807, 2.05) is 25.1 Å². The predicted octanol–water partition coefficient (Wildman–Crippen LogP) is 7.07. The fourth-order valence-electron chi connectivity index (χ4n) is 1.62. The first-order valence-corrected chi connectivity index (χ1v) is 8.77. The fraction of sp³-hybridized carbons (Fsp3) is 0.300. The monoisotopic (exact) mass is 378 g/mol. The largest absolute Gasteiger partial charge is 0.334 e. The van der Waals surface area contributed by atoms with E-state index in [0.717, 1.165) is 17.0 Å². The van der Waals surface area contributed by atoms with Crippen molar-refractivity contribution in [3.8, 4) is 11.4 Å². The van der Waals surface area contributed by atoms with Gasteiger partial charge in [0, 0.05) is 21.2 Å². The molecule has 0 fully saturated rings. The topological polar surface area (TPSA) is 38.9 Å². The SMILES string of the molecule is C=C/C(=C\C=C(/C)Cl)c1nc(-c2ccc(C)c(Cl)c2)no1.CC(C)C. The van der Waals surface area contributed by atoms with Crippen molar-refractivity contribution in [3.05, 3.63) is 64.5 Å². The van der Waals surface area contributed by atoms with Gasteiger partial charge in [0.15, 0.2) is 0 Å². The summed E-state index contributed by atoms with van der Waals surface area (Å²) in [4.78, 5) is 4.35. The molecule has 0 spiro atoms. The van der Waals surface area contributed by atoms with E-state index < -0.39 is 0 Å². The third-order valence-corrected chi connectivity index (χ3v) is 3.35. The summed E-state index contributed by atoms with van der Waals surface area (Å²) in [6.07, 6.45) is 5.15. The molecular formula is C20H24Cl2N2O. The first-order valence-electron chi connectivity index (χ1n) is 8.01. The molecule has 0 aliphatic carbocycles. The molecule has 2 rings (SSSR count). The van der Waals surface area contributed by atoms with Gasteiger partial charge in [-0.05, 0) is 43.5 Å². The molecular weight excluding hydrogens is 355 g/mol. The maximum absolute atomic E-state index is 6.11. The Morgan fingerprint density at radius 3 is 2.40 bits per heavy atom. The van der Waals surface area contributed by atoms with E-state index in [1.54, 1.807) is 25.2 Å². The number of hydrogen-bond acceptors (Lipinski definition) is 3. The van der Waals surface area contributed by atoms with Gasteiger partial charge in [-0.15, -0.1) is 0 Å². The molecule has 0 amide bonds. The Hall–Kier alpha value is -1.84. The van der Waals surface area contributed by atoms with Crippen molar-refractivity contribution < 1.29 is 4.52 Å². The average molecular weight is 379 g/mol. The quantitative estimate of drug-likeness (QED) is 0.533. The molecule has 134 valence electrons. The lowest BCUT2D eigenvalue weighted by Crippen LogP contribution is -1.84. The van der Waals surface area contributed by atoms with Crippen LogP contribution in [0, 0.1) is 12.8 Å². The lowest BCUT2D eigenvalue weighted by molar-refractivity contribution is 0.409. The number of aromatic nitrogens is 2. The number of nitrogens with zero attached hydrogens (tertiary/aromatic N) is 2. The van der Waals surface area contributed by atoms with Crippen LogP contribution in [0.1, 0.15) is 39.1 Å². The Kier molecular flexibility index (Phi) is 8.67. The van der Waals surface area contributed by atoms with Crippen LogP contribution in [0.25, 0.3) is 17.0 Å². The predicted molar refractivity (Wildman–Crippen MR) is 108 cm³/mol. The molecule has 5 heteroatoms. The lowest BCUT2D eigenvalue weighted by Gasteiger charge is -1.98. The number of hydrogen-bond donors (Lipinski definition) is 0. The number of halogens is 2. The van der Waals surface area contributed by atoms with Crippen LogP contribution in [0.4, 0.5) is 0 Å². The highest BCUT2D eigenvalue weighted by atomic mass is 35.5. The molecule has 0 aliphatic heterocycles. The third kappa shape index (κ3) is 7.29. The smallest absolute Gasteiger partial charge is 0.258 e. The number of benzene rings is 1. The highest BCUT2D eigenvalue weighted by molar-refractivity contribution is 6.31. The Balaban J connectivity index is 0.000000705. The van der Waals surface area contributed by atoms with Crippen LogP contribution in [-0.2, 0) is 0 Å². The normalized spacial score (nSPS) is 12.0. The van der Waals surface area contributed by atoms with Crippen LogP contribution in [-0.4, -0.2) is 10.1 Å². The van der Waals surface area contributed by atoms with Crippen LogP contribution in [0.15, 0.2) is 52.6 Å². The van der Waals surface area contributed by atoms with E-state index in [-0.39, 0.29) is 0 Å². The van der Waals surface area contributed by atoms with Crippen molar-refractivity contribution in [2.24, 2.45) is 5.92 Å². The summed E-state index contributed by atoms with van der Waals surface area (Å²) in [5.41, 5.74) is 2.50. The van der Waals surface area contributed by atoms with Crippen LogP contribution in [0.2, 0.25) is 5.02 Å². The molecule has 0 unspecified atom stereocenters. The van der Waals surface area contributed by atoms with Crippen molar-refractivity contribution in [2.45, 2.75) is 34.6 Å². The van der Waals surface area contributed by atoms with Gasteiger partial charge in [0.2, 0.25) is 5.82 Å².